The molecule has 0 spiro atoms. The Bertz CT molecular complexity index is 714. The Labute approximate surface area is 135 Å². The van der Waals surface area contributed by atoms with E-state index in [1.54, 1.807) is 0 Å². The molecule has 0 aliphatic rings. The molecule has 2 rings (SSSR count). The van der Waals surface area contributed by atoms with Gasteiger partial charge in [-0.05, 0) is 6.92 Å². The monoisotopic (exact) mass is 371 g/mol. The van der Waals surface area contributed by atoms with Crippen molar-refractivity contribution in [2.75, 3.05) is 0 Å². The Kier molecular flexibility index (Phi) is 5.16. The van der Waals surface area contributed by atoms with E-state index < -0.39 is 7.81 Å². The molecule has 0 N–H and O–H groups in total. The fraction of sp³-hybridized carbons (Fsp3) is 0.200. The van der Waals surface area contributed by atoms with Crippen LogP contribution >= 0.6 is 7.81 Å². The SMILES string of the molecule is Cc1ccc(C(=O)Cc2cccc[n+]2C)cc1.F[P-](F)(F)(F)(F)F. The third-order valence-electron chi connectivity index (χ3n) is 2.88. The number of aromatic nitrogens is 1. The quantitative estimate of drug-likeness (QED) is 0.297. The average Bonchev–Trinajstić information content (AvgIpc) is 2.38. The van der Waals surface area contributed by atoms with E-state index in [0.29, 0.717) is 6.42 Å². The summed E-state index contributed by atoms with van der Waals surface area (Å²) in [6.45, 7) is 2.02. The maximum absolute atomic E-state index is 12.1. The summed E-state index contributed by atoms with van der Waals surface area (Å²) >= 11 is 0. The number of ketones is 1. The summed E-state index contributed by atoms with van der Waals surface area (Å²) < 4.78 is 61.2. The minimum atomic E-state index is -10.7. The summed E-state index contributed by atoms with van der Waals surface area (Å²) in [6.07, 6.45) is 2.40. The molecule has 0 amide bonds. The second-order valence-electron chi connectivity index (χ2n) is 5.23. The van der Waals surface area contributed by atoms with Crippen molar-refractivity contribution < 1.29 is 34.5 Å². The summed E-state index contributed by atoms with van der Waals surface area (Å²) in [6, 6.07) is 13.6. The molecule has 0 saturated heterocycles. The van der Waals surface area contributed by atoms with Gasteiger partial charge >= 0.3 is 33.0 Å². The van der Waals surface area contributed by atoms with Gasteiger partial charge in [-0.15, -0.1) is 0 Å². The van der Waals surface area contributed by atoms with Crippen molar-refractivity contribution >= 4 is 13.6 Å². The second-order valence-corrected chi connectivity index (χ2v) is 7.14. The van der Waals surface area contributed by atoms with Crippen LogP contribution in [0.5, 0.6) is 0 Å². The van der Waals surface area contributed by atoms with Gasteiger partial charge in [-0.3, -0.25) is 4.79 Å². The van der Waals surface area contributed by atoms with Crippen molar-refractivity contribution in [2.45, 2.75) is 13.3 Å². The predicted molar refractivity (Wildman–Crippen MR) is 80.4 cm³/mol. The van der Waals surface area contributed by atoms with E-state index >= 15 is 0 Å². The zero-order valence-corrected chi connectivity index (χ0v) is 13.8. The van der Waals surface area contributed by atoms with Crippen molar-refractivity contribution in [1.29, 1.82) is 0 Å². The fourth-order valence-electron chi connectivity index (χ4n) is 1.75. The summed E-state index contributed by atoms with van der Waals surface area (Å²) in [4.78, 5) is 12.1. The number of carbonyl (C=O) groups is 1. The van der Waals surface area contributed by atoms with E-state index in [1.807, 2.05) is 67.2 Å². The Morgan fingerprint density at radius 1 is 0.958 bits per heavy atom. The van der Waals surface area contributed by atoms with Gasteiger partial charge in [0, 0.05) is 17.7 Å². The summed E-state index contributed by atoms with van der Waals surface area (Å²) in [5.74, 6) is 0.159. The molecule has 2 nitrogen and oxygen atoms in total. The number of Topliss-reactive ketones (excluding diaryl/α,β-unsaturated/α-hetero) is 1. The van der Waals surface area contributed by atoms with Crippen LogP contribution < -0.4 is 4.57 Å². The molecule has 0 saturated carbocycles. The molecular weight excluding hydrogens is 355 g/mol. The van der Waals surface area contributed by atoms with Crippen LogP contribution in [0.2, 0.25) is 0 Å². The zero-order valence-electron chi connectivity index (χ0n) is 12.9. The first-order chi connectivity index (χ1) is 10.6. The van der Waals surface area contributed by atoms with Crippen molar-refractivity contribution in [2.24, 2.45) is 7.05 Å². The number of hydrogen-bond donors (Lipinski definition) is 0. The number of rotatable bonds is 3. The fourth-order valence-corrected chi connectivity index (χ4v) is 1.75. The van der Waals surface area contributed by atoms with Gasteiger partial charge in [-0.2, -0.15) is 0 Å². The molecule has 1 aromatic carbocycles. The molecule has 0 aliphatic heterocycles. The van der Waals surface area contributed by atoms with Gasteiger partial charge in [-0.25, -0.2) is 4.57 Å². The maximum atomic E-state index is 12.1. The Balaban J connectivity index is 0.000000351. The number of aryl methyl sites for hydroxylation is 2. The number of halogens is 6. The molecule has 0 radical (unpaired) electrons. The van der Waals surface area contributed by atoms with Crippen LogP contribution in [0, 0.1) is 6.92 Å². The normalized spacial score (nSPS) is 14.0. The molecule has 134 valence electrons. The summed E-state index contributed by atoms with van der Waals surface area (Å²) in [5.41, 5.74) is 2.98. The molecule has 9 heteroatoms. The third-order valence-corrected chi connectivity index (χ3v) is 2.88. The van der Waals surface area contributed by atoms with Crippen LogP contribution in [-0.2, 0) is 13.5 Å². The summed E-state index contributed by atoms with van der Waals surface area (Å²) in [7, 11) is -8.70. The number of benzene rings is 1. The van der Waals surface area contributed by atoms with Crippen molar-refractivity contribution in [3.05, 3.63) is 65.5 Å². The molecule has 0 atom stereocenters. The van der Waals surface area contributed by atoms with E-state index in [-0.39, 0.29) is 5.78 Å². The zero-order chi connectivity index (χ0) is 18.7. The molecule has 2 aromatic rings. The van der Waals surface area contributed by atoms with E-state index in [4.69, 9.17) is 0 Å². The average molecular weight is 371 g/mol. The second kappa shape index (κ2) is 6.16. The molecule has 0 bridgehead atoms. The van der Waals surface area contributed by atoms with Crippen molar-refractivity contribution in [3.8, 4) is 0 Å². The third kappa shape index (κ3) is 9.94. The van der Waals surface area contributed by atoms with Gasteiger partial charge in [0.25, 0.3) is 0 Å². The summed E-state index contributed by atoms with van der Waals surface area (Å²) in [5, 5.41) is 0. The van der Waals surface area contributed by atoms with Crippen LogP contribution in [0.4, 0.5) is 25.2 Å². The van der Waals surface area contributed by atoms with E-state index in [1.165, 1.54) is 5.56 Å². The van der Waals surface area contributed by atoms with Gasteiger partial charge in [-0.1, -0.05) is 35.9 Å². The van der Waals surface area contributed by atoms with Crippen molar-refractivity contribution in [1.82, 2.24) is 0 Å². The first kappa shape index (κ1) is 20.1. The number of carbonyl (C=O) groups excluding carboxylic acids is 1. The first-order valence-corrected chi connectivity index (χ1v) is 8.74. The van der Waals surface area contributed by atoms with Crippen molar-refractivity contribution in [3.63, 3.8) is 0 Å². The van der Waals surface area contributed by atoms with E-state index in [2.05, 4.69) is 0 Å². The van der Waals surface area contributed by atoms with Crippen LogP contribution in [0.15, 0.2) is 48.7 Å². The molecular formula is C15H16F6NOP. The molecule has 24 heavy (non-hydrogen) atoms. The Morgan fingerprint density at radius 3 is 1.92 bits per heavy atom. The van der Waals surface area contributed by atoms with Crippen LogP contribution in [0.1, 0.15) is 21.6 Å². The Morgan fingerprint density at radius 2 is 1.46 bits per heavy atom. The van der Waals surface area contributed by atoms with Gasteiger partial charge in [0.1, 0.15) is 7.05 Å². The minimum absolute atomic E-state index is 0.159. The van der Waals surface area contributed by atoms with Gasteiger partial charge < -0.3 is 0 Å². The molecule has 1 aromatic heterocycles. The Hall–Kier alpha value is -1.95. The van der Waals surface area contributed by atoms with Crippen LogP contribution in [0.3, 0.4) is 0 Å². The first-order valence-electron chi connectivity index (χ1n) is 6.71. The number of hydrogen-bond acceptors (Lipinski definition) is 1. The van der Waals surface area contributed by atoms with E-state index in [0.717, 1.165) is 11.3 Å². The molecule has 0 aliphatic carbocycles. The molecule has 0 fully saturated rings. The van der Waals surface area contributed by atoms with Gasteiger partial charge in [0.05, 0.1) is 6.42 Å². The van der Waals surface area contributed by atoms with Gasteiger partial charge in [0.2, 0.25) is 0 Å². The molecule has 1 heterocycles. The number of pyridine rings is 1. The predicted octanol–water partition coefficient (Wildman–Crippen LogP) is 5.63. The van der Waals surface area contributed by atoms with Crippen LogP contribution in [0.25, 0.3) is 0 Å². The van der Waals surface area contributed by atoms with E-state index in [9.17, 15) is 30.0 Å². The van der Waals surface area contributed by atoms with Gasteiger partial charge in [0.15, 0.2) is 17.7 Å². The standard InChI is InChI=1S/C15H16NO.F6P/c1-12-6-8-13(9-7-12)15(17)11-14-5-3-4-10-16(14)2;1-7(2,3,4,5)6/h3-10H,11H2,1-2H3;/q+1;-1. The number of nitrogens with zero attached hydrogens (tertiary/aromatic N) is 1. The molecule has 0 unspecified atom stereocenters. The topological polar surface area (TPSA) is 20.9 Å². The van der Waals surface area contributed by atoms with Crippen LogP contribution in [-0.4, -0.2) is 5.78 Å².